The Morgan fingerprint density at radius 1 is 1.53 bits per heavy atom. The Morgan fingerprint density at radius 2 is 2.20 bits per heavy atom. The number of rotatable bonds is 3. The molecule has 1 aromatic rings. The molecule has 0 atom stereocenters. The van der Waals surface area contributed by atoms with Crippen molar-refractivity contribution in [3.63, 3.8) is 0 Å². The normalized spacial score (nSPS) is 10.1. The maximum Gasteiger partial charge on any atom is 0.278 e. The Morgan fingerprint density at radius 3 is 2.80 bits per heavy atom. The quantitative estimate of drug-likeness (QED) is 0.846. The number of carbonyl (C=O) groups excluding carboxylic acids is 1. The monoisotopic (exact) mass is 287 g/mol. The topological polar surface area (TPSA) is 20.3 Å². The predicted octanol–water partition coefficient (Wildman–Crippen LogP) is 3.28. The van der Waals surface area contributed by atoms with Gasteiger partial charge in [0.05, 0.1) is 0 Å². The number of likely N-dealkylation sites (N-methyl/N-ethyl adjacent to an activating group) is 1. The van der Waals surface area contributed by atoms with Crippen molar-refractivity contribution in [2.45, 2.75) is 13.3 Å². The number of amides is 1. The van der Waals surface area contributed by atoms with Crippen LogP contribution in [0.2, 0.25) is 0 Å². The van der Waals surface area contributed by atoms with Crippen LogP contribution < -0.4 is 0 Å². The third-order valence-corrected chi connectivity index (χ3v) is 3.19. The molecule has 0 aliphatic heterocycles. The second kappa shape index (κ2) is 5.56. The summed E-state index contributed by atoms with van der Waals surface area (Å²) in [4.78, 5) is 12.5. The Labute approximate surface area is 104 Å². The Bertz CT molecular complexity index is 368. The zero-order chi connectivity index (χ0) is 11.4. The van der Waals surface area contributed by atoms with Crippen molar-refractivity contribution in [1.29, 1.82) is 0 Å². The summed E-state index contributed by atoms with van der Waals surface area (Å²) in [6.45, 7) is 2.77. The lowest BCUT2D eigenvalue weighted by Crippen LogP contribution is -2.23. The van der Waals surface area contributed by atoms with E-state index in [1.165, 1.54) is 11.1 Å². The predicted molar refractivity (Wildman–Crippen MR) is 69.6 cm³/mol. The van der Waals surface area contributed by atoms with Gasteiger partial charge in [-0.2, -0.15) is 0 Å². The van der Waals surface area contributed by atoms with E-state index in [-0.39, 0.29) is 5.24 Å². The molecule has 1 rings (SSSR count). The lowest BCUT2D eigenvalue weighted by molar-refractivity contribution is 0.234. The first-order chi connectivity index (χ1) is 7.00. The maximum absolute atomic E-state index is 10.9. The summed E-state index contributed by atoms with van der Waals surface area (Å²) in [6, 6.07) is 6.18. The van der Waals surface area contributed by atoms with Crippen LogP contribution in [0.25, 0.3) is 0 Å². The molecule has 0 heterocycles. The number of thiol groups is 1. The highest BCUT2D eigenvalue weighted by Gasteiger charge is 2.05. The van der Waals surface area contributed by atoms with Gasteiger partial charge in [0.25, 0.3) is 5.24 Å². The van der Waals surface area contributed by atoms with Gasteiger partial charge in [-0.15, -0.1) is 0 Å². The fourth-order valence-corrected chi connectivity index (χ4v) is 1.80. The van der Waals surface area contributed by atoms with Gasteiger partial charge >= 0.3 is 0 Å². The minimum Gasteiger partial charge on any atom is -0.337 e. The van der Waals surface area contributed by atoms with E-state index in [1.807, 2.05) is 6.07 Å². The molecule has 0 radical (unpaired) electrons. The second-order valence-corrected chi connectivity index (χ2v) is 4.82. The molecule has 0 unspecified atom stereocenters. The van der Waals surface area contributed by atoms with Crippen LogP contribution in [0.15, 0.2) is 22.7 Å². The molecule has 0 spiro atoms. The van der Waals surface area contributed by atoms with Crippen LogP contribution >= 0.6 is 28.6 Å². The summed E-state index contributed by atoms with van der Waals surface area (Å²) in [6.07, 6.45) is 0.855. The number of hydrogen-bond acceptors (Lipinski definition) is 1. The molecule has 0 N–H and O–H groups in total. The first-order valence-electron chi connectivity index (χ1n) is 4.70. The van der Waals surface area contributed by atoms with Crippen molar-refractivity contribution >= 4 is 33.8 Å². The van der Waals surface area contributed by atoms with E-state index in [9.17, 15) is 4.79 Å². The molecule has 82 valence electrons. The van der Waals surface area contributed by atoms with E-state index in [2.05, 4.69) is 47.6 Å². The molecule has 0 aromatic heterocycles. The van der Waals surface area contributed by atoms with Gasteiger partial charge in [-0.3, -0.25) is 4.79 Å². The number of benzene rings is 1. The maximum atomic E-state index is 10.9. The molecule has 0 saturated heterocycles. The molecule has 15 heavy (non-hydrogen) atoms. The van der Waals surface area contributed by atoms with Crippen LogP contribution in [0.4, 0.5) is 4.79 Å². The Hall–Kier alpha value is -0.480. The van der Waals surface area contributed by atoms with E-state index < -0.39 is 0 Å². The second-order valence-electron chi connectivity index (χ2n) is 3.52. The van der Waals surface area contributed by atoms with Crippen molar-refractivity contribution in [3.05, 3.63) is 33.8 Å². The molecule has 0 fully saturated rings. The molecular formula is C11H14BrNOS. The van der Waals surface area contributed by atoms with Crippen LogP contribution in [0.1, 0.15) is 11.1 Å². The first kappa shape index (κ1) is 12.6. The third-order valence-electron chi connectivity index (χ3n) is 2.35. The number of aryl methyl sites for hydroxylation is 1. The standard InChI is InChI=1S/C11H14BrNOS/c1-8-3-4-10(12)7-9(8)5-6-13(2)11(14)15/h3-4,7H,5-6H2,1-2H3,(H,14,15). The highest BCUT2D eigenvalue weighted by atomic mass is 79.9. The minimum atomic E-state index is -0.192. The van der Waals surface area contributed by atoms with Crippen molar-refractivity contribution in [3.8, 4) is 0 Å². The van der Waals surface area contributed by atoms with Crippen LogP contribution in [-0.2, 0) is 6.42 Å². The summed E-state index contributed by atoms with van der Waals surface area (Å²) >= 11 is 7.20. The molecular weight excluding hydrogens is 274 g/mol. The summed E-state index contributed by atoms with van der Waals surface area (Å²) in [5.41, 5.74) is 2.50. The van der Waals surface area contributed by atoms with Crippen molar-refractivity contribution < 1.29 is 4.79 Å². The third kappa shape index (κ3) is 3.87. The van der Waals surface area contributed by atoms with Gasteiger partial charge in [-0.05, 0) is 36.6 Å². The number of hydrogen-bond donors (Lipinski definition) is 1. The summed E-state index contributed by atoms with van der Waals surface area (Å²) in [5, 5.41) is -0.192. The molecule has 0 bridgehead atoms. The molecule has 2 nitrogen and oxygen atoms in total. The molecule has 0 aliphatic rings. The van der Waals surface area contributed by atoms with Gasteiger partial charge in [0, 0.05) is 18.1 Å². The lowest BCUT2D eigenvalue weighted by atomic mass is 10.1. The summed E-state index contributed by atoms with van der Waals surface area (Å²) in [7, 11) is 1.75. The fraction of sp³-hybridized carbons (Fsp3) is 0.364. The molecule has 0 aliphatic carbocycles. The Balaban J connectivity index is 2.65. The highest BCUT2D eigenvalue weighted by molar-refractivity contribution is 9.10. The lowest BCUT2D eigenvalue weighted by Gasteiger charge is -2.14. The fourth-order valence-electron chi connectivity index (χ4n) is 1.29. The number of carbonyl (C=O) groups is 1. The summed E-state index contributed by atoms with van der Waals surface area (Å²) in [5.74, 6) is 0. The molecule has 1 amide bonds. The van der Waals surface area contributed by atoms with Gasteiger partial charge in [0.15, 0.2) is 0 Å². The van der Waals surface area contributed by atoms with Gasteiger partial charge < -0.3 is 4.90 Å². The average molecular weight is 288 g/mol. The summed E-state index contributed by atoms with van der Waals surface area (Å²) < 4.78 is 1.07. The van der Waals surface area contributed by atoms with Crippen LogP contribution in [-0.4, -0.2) is 23.7 Å². The van der Waals surface area contributed by atoms with E-state index in [4.69, 9.17) is 0 Å². The van der Waals surface area contributed by atoms with Crippen molar-refractivity contribution in [1.82, 2.24) is 4.90 Å². The van der Waals surface area contributed by atoms with Crippen LogP contribution in [0.3, 0.4) is 0 Å². The zero-order valence-corrected chi connectivity index (χ0v) is 11.3. The minimum absolute atomic E-state index is 0.192. The van der Waals surface area contributed by atoms with Gasteiger partial charge in [-0.25, -0.2) is 0 Å². The van der Waals surface area contributed by atoms with E-state index in [0.29, 0.717) is 6.54 Å². The number of halogens is 1. The first-order valence-corrected chi connectivity index (χ1v) is 5.94. The smallest absolute Gasteiger partial charge is 0.278 e. The molecule has 4 heteroatoms. The van der Waals surface area contributed by atoms with E-state index in [1.54, 1.807) is 11.9 Å². The van der Waals surface area contributed by atoms with E-state index in [0.717, 1.165) is 10.9 Å². The SMILES string of the molecule is Cc1ccc(Br)cc1CCN(C)C(=O)S. The largest absolute Gasteiger partial charge is 0.337 e. The number of nitrogens with zero attached hydrogens (tertiary/aromatic N) is 1. The van der Waals surface area contributed by atoms with Crippen molar-refractivity contribution in [2.75, 3.05) is 13.6 Å². The van der Waals surface area contributed by atoms with Gasteiger partial charge in [0.2, 0.25) is 0 Å². The van der Waals surface area contributed by atoms with Crippen LogP contribution in [0.5, 0.6) is 0 Å². The highest BCUT2D eigenvalue weighted by Crippen LogP contribution is 2.16. The molecule has 0 saturated carbocycles. The van der Waals surface area contributed by atoms with Crippen LogP contribution in [0, 0.1) is 6.92 Å². The zero-order valence-electron chi connectivity index (χ0n) is 8.83. The van der Waals surface area contributed by atoms with Crippen molar-refractivity contribution in [2.24, 2.45) is 0 Å². The van der Waals surface area contributed by atoms with Gasteiger partial charge in [0.1, 0.15) is 0 Å². The average Bonchev–Trinajstić information content (AvgIpc) is 2.18. The van der Waals surface area contributed by atoms with Gasteiger partial charge in [-0.1, -0.05) is 34.6 Å². The Kier molecular flexibility index (Phi) is 4.67. The molecule has 1 aromatic carbocycles. The van der Waals surface area contributed by atoms with E-state index >= 15 is 0 Å².